The lowest BCUT2D eigenvalue weighted by molar-refractivity contribution is -0.156. The Bertz CT molecular complexity index is 562. The van der Waals surface area contributed by atoms with Crippen LogP contribution in [0.1, 0.15) is 25.5 Å². The molecule has 1 aliphatic rings. The van der Waals surface area contributed by atoms with Crippen molar-refractivity contribution in [3.05, 3.63) is 11.9 Å². The number of hydrogen-bond donors (Lipinski definition) is 2. The Kier molecular flexibility index (Phi) is 13.8. The number of rotatable bonds is 18. The average molecular weight is 448 g/mol. The molecule has 1 fully saturated rings. The molecule has 1 aromatic rings. The van der Waals surface area contributed by atoms with Crippen LogP contribution in [0.25, 0.3) is 0 Å². The van der Waals surface area contributed by atoms with E-state index in [1.54, 1.807) is 4.68 Å². The molecule has 0 spiro atoms. The van der Waals surface area contributed by atoms with Crippen LogP contribution in [-0.2, 0) is 41.6 Å². The van der Waals surface area contributed by atoms with E-state index in [0.717, 1.165) is 18.7 Å². The summed E-state index contributed by atoms with van der Waals surface area (Å²) in [6.45, 7) is 7.85. The van der Waals surface area contributed by atoms with E-state index in [1.807, 2.05) is 6.20 Å². The van der Waals surface area contributed by atoms with Crippen molar-refractivity contribution in [2.45, 2.75) is 51.2 Å². The van der Waals surface area contributed by atoms with Gasteiger partial charge in [-0.2, -0.15) is 0 Å². The zero-order valence-corrected chi connectivity index (χ0v) is 18.4. The van der Waals surface area contributed by atoms with Crippen LogP contribution in [0.5, 0.6) is 0 Å². The molecule has 0 radical (unpaired) electrons. The largest absolute Gasteiger partial charge is 0.390 e. The molecule has 0 aromatic carbocycles. The zero-order valence-electron chi connectivity index (χ0n) is 18.4. The van der Waals surface area contributed by atoms with Gasteiger partial charge in [0.2, 0.25) is 0 Å². The lowest BCUT2D eigenvalue weighted by atomic mass is 10.0. The summed E-state index contributed by atoms with van der Waals surface area (Å²) in [5.74, 6) is 0. The number of nitrogens with zero attached hydrogens (tertiary/aromatic N) is 3. The summed E-state index contributed by atoms with van der Waals surface area (Å²) in [4.78, 5) is 0. The van der Waals surface area contributed by atoms with Gasteiger partial charge in [0.15, 0.2) is 0 Å². The summed E-state index contributed by atoms with van der Waals surface area (Å²) >= 11 is 0. The summed E-state index contributed by atoms with van der Waals surface area (Å²) in [6, 6.07) is 0. The maximum absolute atomic E-state index is 9.79. The minimum absolute atomic E-state index is 0.234. The van der Waals surface area contributed by atoms with Crippen molar-refractivity contribution >= 4 is 0 Å². The molecule has 3 atom stereocenters. The van der Waals surface area contributed by atoms with E-state index in [-0.39, 0.29) is 6.61 Å². The predicted molar refractivity (Wildman–Crippen MR) is 110 cm³/mol. The maximum Gasteiger partial charge on any atom is 0.109 e. The SMILES string of the molecule is CCCOCc1cn(CCOCCOCCOCCOCC2OCCC(O)C2O)nn1. The number of ether oxygens (including phenoxy) is 6. The third-order valence-corrected chi connectivity index (χ3v) is 4.57. The molecule has 11 heteroatoms. The highest BCUT2D eigenvalue weighted by atomic mass is 16.6. The maximum atomic E-state index is 9.79. The highest BCUT2D eigenvalue weighted by molar-refractivity contribution is 4.89. The van der Waals surface area contributed by atoms with Crippen molar-refractivity contribution in [1.82, 2.24) is 15.0 Å². The van der Waals surface area contributed by atoms with Crippen LogP contribution < -0.4 is 0 Å². The molecule has 2 rings (SSSR count). The Morgan fingerprint density at radius 3 is 2.35 bits per heavy atom. The third kappa shape index (κ3) is 11.3. The van der Waals surface area contributed by atoms with Gasteiger partial charge in [-0.1, -0.05) is 12.1 Å². The minimum Gasteiger partial charge on any atom is -0.390 e. The molecule has 2 heterocycles. The first-order valence-electron chi connectivity index (χ1n) is 11.0. The van der Waals surface area contributed by atoms with Gasteiger partial charge in [0.05, 0.1) is 78.3 Å². The number of aliphatic hydroxyl groups excluding tert-OH is 2. The van der Waals surface area contributed by atoms with E-state index < -0.39 is 18.3 Å². The second kappa shape index (κ2) is 16.5. The van der Waals surface area contributed by atoms with Gasteiger partial charge in [-0.05, 0) is 12.8 Å². The van der Waals surface area contributed by atoms with Gasteiger partial charge in [-0.15, -0.1) is 5.10 Å². The van der Waals surface area contributed by atoms with Gasteiger partial charge in [0.25, 0.3) is 0 Å². The molecule has 2 N–H and O–H groups in total. The summed E-state index contributed by atoms with van der Waals surface area (Å²) < 4.78 is 34.4. The number of aromatic nitrogens is 3. The molecule has 0 saturated carbocycles. The van der Waals surface area contributed by atoms with Gasteiger partial charge < -0.3 is 38.6 Å². The summed E-state index contributed by atoms with van der Waals surface area (Å²) in [5.41, 5.74) is 0.820. The van der Waals surface area contributed by atoms with E-state index >= 15 is 0 Å². The molecule has 0 bridgehead atoms. The fourth-order valence-electron chi connectivity index (χ4n) is 2.86. The summed E-state index contributed by atoms with van der Waals surface area (Å²) in [5, 5.41) is 27.5. The number of hydrogen-bond acceptors (Lipinski definition) is 10. The molecule has 0 aliphatic carbocycles. The Labute approximate surface area is 183 Å². The van der Waals surface area contributed by atoms with Gasteiger partial charge >= 0.3 is 0 Å². The summed E-state index contributed by atoms with van der Waals surface area (Å²) in [7, 11) is 0. The van der Waals surface area contributed by atoms with Gasteiger partial charge in [0, 0.05) is 13.2 Å². The van der Waals surface area contributed by atoms with Crippen molar-refractivity contribution in [2.75, 3.05) is 66.1 Å². The Balaban J connectivity index is 1.32. The molecule has 0 amide bonds. The Morgan fingerprint density at radius 2 is 1.65 bits per heavy atom. The predicted octanol–water partition coefficient (Wildman–Crippen LogP) is -0.218. The monoisotopic (exact) mass is 447 g/mol. The van der Waals surface area contributed by atoms with Crippen LogP contribution in [0.4, 0.5) is 0 Å². The first-order valence-corrected chi connectivity index (χ1v) is 11.0. The lowest BCUT2D eigenvalue weighted by Crippen LogP contribution is -2.46. The highest BCUT2D eigenvalue weighted by Gasteiger charge is 2.31. The van der Waals surface area contributed by atoms with Crippen LogP contribution in [-0.4, -0.2) is 110 Å². The van der Waals surface area contributed by atoms with Gasteiger partial charge in [0.1, 0.15) is 17.9 Å². The molecule has 1 aromatic heterocycles. The van der Waals surface area contributed by atoms with Crippen LogP contribution in [0.2, 0.25) is 0 Å². The third-order valence-electron chi connectivity index (χ3n) is 4.57. The fraction of sp³-hybridized carbons (Fsp3) is 0.900. The average Bonchev–Trinajstić information content (AvgIpc) is 3.22. The van der Waals surface area contributed by atoms with Crippen molar-refractivity contribution in [3.63, 3.8) is 0 Å². The lowest BCUT2D eigenvalue weighted by Gasteiger charge is -2.31. The molecular formula is C20H37N3O8. The minimum atomic E-state index is -0.899. The zero-order chi connectivity index (χ0) is 22.2. The van der Waals surface area contributed by atoms with Crippen molar-refractivity contribution in [3.8, 4) is 0 Å². The molecule has 1 saturated heterocycles. The Morgan fingerprint density at radius 1 is 0.968 bits per heavy atom. The fourth-order valence-corrected chi connectivity index (χ4v) is 2.86. The standard InChI is InChI=1S/C20H37N3O8/c1-2-5-29-15-17-14-23(22-21-17)4-7-26-8-9-27-10-11-28-12-13-30-16-19-20(25)18(24)3-6-31-19/h14,18-20,24-25H,2-13,15-16H2,1H3. The van der Waals surface area contributed by atoms with Gasteiger partial charge in [-0.25, -0.2) is 4.68 Å². The second-order valence-corrected chi connectivity index (χ2v) is 7.19. The van der Waals surface area contributed by atoms with E-state index in [9.17, 15) is 10.2 Å². The first-order chi connectivity index (χ1) is 15.2. The molecular weight excluding hydrogens is 410 g/mol. The molecule has 3 unspecified atom stereocenters. The van der Waals surface area contributed by atoms with E-state index in [1.165, 1.54) is 0 Å². The molecule has 11 nitrogen and oxygen atoms in total. The first kappa shape index (κ1) is 26.1. The van der Waals surface area contributed by atoms with Crippen LogP contribution >= 0.6 is 0 Å². The molecule has 180 valence electrons. The Hall–Kier alpha value is -1.18. The quantitative estimate of drug-likeness (QED) is 0.292. The van der Waals surface area contributed by atoms with Crippen LogP contribution in [0.15, 0.2) is 6.20 Å². The normalized spacial score (nSPS) is 21.6. The highest BCUT2D eigenvalue weighted by Crippen LogP contribution is 2.14. The van der Waals surface area contributed by atoms with E-state index in [0.29, 0.717) is 72.4 Å². The summed E-state index contributed by atoms with van der Waals surface area (Å²) in [6.07, 6.45) is 1.17. The second-order valence-electron chi connectivity index (χ2n) is 7.19. The van der Waals surface area contributed by atoms with Crippen LogP contribution in [0.3, 0.4) is 0 Å². The molecule has 31 heavy (non-hydrogen) atoms. The van der Waals surface area contributed by atoms with Crippen molar-refractivity contribution < 1.29 is 38.6 Å². The van der Waals surface area contributed by atoms with Crippen LogP contribution in [0, 0.1) is 0 Å². The topological polar surface area (TPSA) is 127 Å². The smallest absolute Gasteiger partial charge is 0.109 e. The molecule has 1 aliphatic heterocycles. The number of aliphatic hydroxyl groups is 2. The van der Waals surface area contributed by atoms with Gasteiger partial charge in [-0.3, -0.25) is 0 Å². The van der Waals surface area contributed by atoms with E-state index in [4.69, 9.17) is 28.4 Å². The van der Waals surface area contributed by atoms with Crippen molar-refractivity contribution in [1.29, 1.82) is 0 Å². The van der Waals surface area contributed by atoms with Crippen molar-refractivity contribution in [2.24, 2.45) is 0 Å². The van der Waals surface area contributed by atoms with E-state index in [2.05, 4.69) is 17.2 Å².